The molecule has 0 radical (unpaired) electrons. The third-order valence-electron chi connectivity index (χ3n) is 5.26. The van der Waals surface area contributed by atoms with Gasteiger partial charge in [0, 0.05) is 18.7 Å². The summed E-state index contributed by atoms with van der Waals surface area (Å²) in [6, 6.07) is 9.42. The summed E-state index contributed by atoms with van der Waals surface area (Å²) in [4.78, 5) is 8.82. The molecule has 1 aromatic carbocycles. The second-order valence-electron chi connectivity index (χ2n) is 7.35. The average molecular weight is 424 g/mol. The zero-order valence-corrected chi connectivity index (χ0v) is 16.9. The van der Waals surface area contributed by atoms with E-state index in [1.54, 1.807) is 10.5 Å². The van der Waals surface area contributed by atoms with E-state index < -0.39 is 10.0 Å². The van der Waals surface area contributed by atoms with Crippen LogP contribution in [0.5, 0.6) is 0 Å². The van der Waals surface area contributed by atoms with Crippen LogP contribution in [0.15, 0.2) is 47.0 Å². The minimum Gasteiger partial charge on any atom is -0.414 e. The maximum Gasteiger partial charge on any atom is 0.270 e. The molecule has 3 aromatic rings. The van der Waals surface area contributed by atoms with Crippen LogP contribution >= 0.6 is 0 Å². The Hall–Kier alpha value is -3.11. The summed E-state index contributed by atoms with van der Waals surface area (Å²) in [5, 5.41) is 7.95. The summed E-state index contributed by atoms with van der Waals surface area (Å²) in [7, 11) is -3.18. The first-order valence-electron chi connectivity index (χ1n) is 9.72. The molecule has 0 saturated heterocycles. The van der Waals surface area contributed by atoms with E-state index in [2.05, 4.69) is 20.2 Å². The predicted octanol–water partition coefficient (Wildman–Crippen LogP) is 2.36. The summed E-state index contributed by atoms with van der Waals surface area (Å²) in [6.45, 7) is 0.777. The number of hydrogen-bond donors (Lipinski definition) is 1. The number of nitrogen functional groups attached to an aromatic ring is 1. The van der Waals surface area contributed by atoms with Crippen LogP contribution in [0.3, 0.4) is 0 Å². The summed E-state index contributed by atoms with van der Waals surface area (Å²) in [5.74, 6) is 0.751. The summed E-state index contributed by atoms with van der Waals surface area (Å²) < 4.78 is 32.1. The molecule has 2 N–H and O–H groups in total. The molecule has 30 heavy (non-hydrogen) atoms. The number of hydrogen-bond acceptors (Lipinski definition) is 8. The predicted molar refractivity (Wildman–Crippen MR) is 111 cm³/mol. The third-order valence-corrected chi connectivity index (χ3v) is 7.62. The molecule has 1 aliphatic heterocycles. The monoisotopic (exact) mass is 424 g/mol. The fraction of sp³-hybridized carbons (Fsp3) is 0.300. The molecule has 9 nitrogen and oxygen atoms in total. The smallest absolute Gasteiger partial charge is 0.270 e. The van der Waals surface area contributed by atoms with Crippen molar-refractivity contribution in [1.29, 1.82) is 0 Å². The highest BCUT2D eigenvalue weighted by atomic mass is 32.2. The first-order chi connectivity index (χ1) is 14.5. The molecule has 10 heteroatoms. The normalized spacial score (nSPS) is 17.7. The van der Waals surface area contributed by atoms with E-state index in [9.17, 15) is 8.42 Å². The van der Waals surface area contributed by atoms with Gasteiger partial charge in [0.1, 0.15) is 0 Å². The van der Waals surface area contributed by atoms with Crippen LogP contribution in [-0.2, 0) is 10.0 Å². The highest BCUT2D eigenvalue weighted by molar-refractivity contribution is 7.90. The van der Waals surface area contributed by atoms with Gasteiger partial charge in [-0.1, -0.05) is 24.3 Å². The molecule has 0 spiro atoms. The van der Waals surface area contributed by atoms with Crippen molar-refractivity contribution in [3.05, 3.63) is 48.3 Å². The molecule has 0 bridgehead atoms. The molecule has 5 rings (SSSR count). The summed E-state index contributed by atoms with van der Waals surface area (Å²) >= 11 is 0. The Morgan fingerprint density at radius 2 is 1.87 bits per heavy atom. The Kier molecular flexibility index (Phi) is 4.59. The Morgan fingerprint density at radius 3 is 2.57 bits per heavy atom. The largest absolute Gasteiger partial charge is 0.414 e. The highest BCUT2D eigenvalue weighted by Crippen LogP contribution is 2.33. The van der Waals surface area contributed by atoms with Crippen molar-refractivity contribution in [1.82, 2.24) is 24.5 Å². The van der Waals surface area contributed by atoms with Gasteiger partial charge in [-0.2, -0.15) is 4.31 Å². The van der Waals surface area contributed by atoms with Crippen molar-refractivity contribution in [3.8, 4) is 23.0 Å². The van der Waals surface area contributed by atoms with Gasteiger partial charge in [0.15, 0.2) is 11.5 Å². The quantitative estimate of drug-likeness (QED) is 0.661. The molecule has 2 aromatic heterocycles. The van der Waals surface area contributed by atoms with E-state index in [4.69, 9.17) is 10.2 Å². The number of sulfonamides is 1. The lowest BCUT2D eigenvalue weighted by atomic mass is 10.1. The maximum atomic E-state index is 12.4. The molecule has 0 amide bonds. The zero-order valence-electron chi connectivity index (χ0n) is 16.1. The van der Waals surface area contributed by atoms with Gasteiger partial charge < -0.3 is 10.2 Å². The van der Waals surface area contributed by atoms with Crippen LogP contribution in [0.1, 0.15) is 25.0 Å². The number of nitrogens with two attached hydrogens (primary N) is 1. The number of nitrogens with zero attached hydrogens (tertiary/aromatic N) is 5. The Morgan fingerprint density at radius 1 is 1.10 bits per heavy atom. The Balaban J connectivity index is 1.41. The highest BCUT2D eigenvalue weighted by Gasteiger charge is 2.40. The van der Waals surface area contributed by atoms with E-state index in [1.807, 2.05) is 36.4 Å². The SMILES string of the molecule is Nc1ncc(C2=CCN(S(=O)(=O)C3CC3)CC2)nc1-c1nnc(-c2ccccc2)o1. The minimum atomic E-state index is -3.18. The maximum absolute atomic E-state index is 12.4. The molecule has 1 aliphatic carbocycles. The summed E-state index contributed by atoms with van der Waals surface area (Å²) in [5.41, 5.74) is 8.67. The van der Waals surface area contributed by atoms with Gasteiger partial charge in [-0.25, -0.2) is 18.4 Å². The van der Waals surface area contributed by atoms with Crippen molar-refractivity contribution in [2.24, 2.45) is 0 Å². The number of benzene rings is 1. The molecular weight excluding hydrogens is 404 g/mol. The molecule has 1 fully saturated rings. The summed E-state index contributed by atoms with van der Waals surface area (Å²) in [6.07, 6.45) is 5.55. The third kappa shape index (κ3) is 3.48. The van der Waals surface area contributed by atoms with Gasteiger partial charge in [-0.3, -0.25) is 0 Å². The average Bonchev–Trinajstić information content (AvgIpc) is 3.53. The van der Waals surface area contributed by atoms with E-state index >= 15 is 0 Å². The van der Waals surface area contributed by atoms with Crippen LogP contribution in [-0.4, -0.2) is 51.2 Å². The number of anilines is 1. The van der Waals surface area contributed by atoms with Crippen LogP contribution in [0.25, 0.3) is 28.6 Å². The fourth-order valence-electron chi connectivity index (χ4n) is 3.42. The first-order valence-corrected chi connectivity index (χ1v) is 11.2. The van der Waals surface area contributed by atoms with Crippen LogP contribution < -0.4 is 5.73 Å². The van der Waals surface area contributed by atoms with Crippen molar-refractivity contribution in [2.45, 2.75) is 24.5 Å². The van der Waals surface area contributed by atoms with E-state index in [-0.39, 0.29) is 17.0 Å². The van der Waals surface area contributed by atoms with E-state index in [0.717, 1.165) is 24.0 Å². The molecular formula is C20H20N6O3S. The van der Waals surface area contributed by atoms with Gasteiger partial charge in [-0.15, -0.1) is 10.2 Å². The lowest BCUT2D eigenvalue weighted by Crippen LogP contribution is -2.37. The Bertz CT molecular complexity index is 1220. The molecule has 0 atom stereocenters. The van der Waals surface area contributed by atoms with Gasteiger partial charge in [0.25, 0.3) is 5.89 Å². The van der Waals surface area contributed by atoms with Crippen LogP contribution in [0, 0.1) is 0 Å². The fourth-order valence-corrected chi connectivity index (χ4v) is 5.20. The van der Waals surface area contributed by atoms with Gasteiger partial charge >= 0.3 is 0 Å². The van der Waals surface area contributed by atoms with E-state index in [1.165, 1.54) is 0 Å². The molecule has 154 valence electrons. The zero-order chi connectivity index (χ0) is 20.7. The molecule has 2 aliphatic rings. The second kappa shape index (κ2) is 7.29. The standard InChI is InChI=1S/C20H20N6O3S/c21-18-17(20-25-24-19(29-20)14-4-2-1-3-5-14)23-16(12-22-18)13-8-10-26(11-9-13)30(27,28)15-6-7-15/h1-5,8,12,15H,6-7,9-11H2,(H2,21,22). The van der Waals surface area contributed by atoms with Crippen LogP contribution in [0.4, 0.5) is 5.82 Å². The molecule has 3 heterocycles. The van der Waals surface area contributed by atoms with Crippen molar-refractivity contribution >= 4 is 21.4 Å². The second-order valence-corrected chi connectivity index (χ2v) is 9.56. The Labute approximate surface area is 173 Å². The van der Waals surface area contributed by atoms with E-state index in [0.29, 0.717) is 36.8 Å². The van der Waals surface area contributed by atoms with Crippen LogP contribution in [0.2, 0.25) is 0 Å². The van der Waals surface area contributed by atoms with Gasteiger partial charge in [0.05, 0.1) is 17.1 Å². The van der Waals surface area contributed by atoms with Gasteiger partial charge in [0.2, 0.25) is 15.9 Å². The lowest BCUT2D eigenvalue weighted by molar-refractivity contribution is 0.440. The minimum absolute atomic E-state index is 0.190. The first kappa shape index (κ1) is 18.9. The number of aromatic nitrogens is 4. The molecule has 1 saturated carbocycles. The lowest BCUT2D eigenvalue weighted by Gasteiger charge is -2.25. The van der Waals surface area contributed by atoms with Crippen molar-refractivity contribution < 1.29 is 12.8 Å². The molecule has 0 unspecified atom stereocenters. The number of rotatable bonds is 5. The van der Waals surface area contributed by atoms with Crippen molar-refractivity contribution in [2.75, 3.05) is 18.8 Å². The van der Waals surface area contributed by atoms with Gasteiger partial charge in [-0.05, 0) is 37.0 Å². The van der Waals surface area contributed by atoms with Crippen molar-refractivity contribution in [3.63, 3.8) is 0 Å². The topological polar surface area (TPSA) is 128 Å².